The molecule has 106 valence electrons. The first-order chi connectivity index (χ1) is 8.95. The fourth-order valence-electron chi connectivity index (χ4n) is 1.68. The number of sulfonamides is 1. The second-order valence-electron chi connectivity index (χ2n) is 4.51. The van der Waals surface area contributed by atoms with Crippen LogP contribution < -0.4 is 10.0 Å². The molecular formula is C12H16F2N2O2S. The van der Waals surface area contributed by atoms with Crippen molar-refractivity contribution in [2.75, 3.05) is 6.54 Å². The quantitative estimate of drug-likeness (QED) is 0.835. The third-order valence-corrected chi connectivity index (χ3v) is 4.43. The Bertz CT molecular complexity index is 571. The Morgan fingerprint density at radius 2 is 2.00 bits per heavy atom. The highest BCUT2D eigenvalue weighted by Crippen LogP contribution is 2.25. The average Bonchev–Trinajstić information content (AvgIpc) is 3.11. The molecule has 2 rings (SSSR count). The summed E-state index contributed by atoms with van der Waals surface area (Å²) in [7, 11) is -3.91. The van der Waals surface area contributed by atoms with Crippen molar-refractivity contribution in [2.24, 2.45) is 0 Å². The number of halogens is 2. The summed E-state index contributed by atoms with van der Waals surface area (Å²) in [6.45, 7) is 2.29. The monoisotopic (exact) mass is 290 g/mol. The van der Waals surface area contributed by atoms with E-state index in [2.05, 4.69) is 10.0 Å². The van der Waals surface area contributed by atoms with Crippen LogP contribution in [0.15, 0.2) is 17.0 Å². The van der Waals surface area contributed by atoms with E-state index in [0.29, 0.717) is 6.54 Å². The van der Waals surface area contributed by atoms with Crippen LogP contribution in [0.2, 0.25) is 0 Å². The van der Waals surface area contributed by atoms with Crippen LogP contribution in [0, 0.1) is 11.6 Å². The molecule has 1 aliphatic carbocycles. The second kappa shape index (κ2) is 5.52. The van der Waals surface area contributed by atoms with Crippen molar-refractivity contribution in [2.45, 2.75) is 37.2 Å². The first kappa shape index (κ1) is 14.4. The number of benzene rings is 1. The Morgan fingerprint density at radius 1 is 1.32 bits per heavy atom. The molecule has 0 aliphatic heterocycles. The van der Waals surface area contributed by atoms with Crippen LogP contribution >= 0.6 is 0 Å². The Kier molecular flexibility index (Phi) is 4.17. The summed E-state index contributed by atoms with van der Waals surface area (Å²) in [6, 6.07) is 1.83. The summed E-state index contributed by atoms with van der Waals surface area (Å²) in [5.74, 6) is -1.77. The van der Waals surface area contributed by atoms with Gasteiger partial charge < -0.3 is 5.32 Å². The molecule has 1 aromatic rings. The van der Waals surface area contributed by atoms with E-state index in [1.165, 1.54) is 0 Å². The van der Waals surface area contributed by atoms with Crippen LogP contribution in [0.4, 0.5) is 8.78 Å². The molecule has 0 aromatic heterocycles. The van der Waals surface area contributed by atoms with Crippen molar-refractivity contribution in [3.63, 3.8) is 0 Å². The minimum absolute atomic E-state index is 0.0407. The van der Waals surface area contributed by atoms with Crippen molar-refractivity contribution in [3.05, 3.63) is 29.3 Å². The summed E-state index contributed by atoms with van der Waals surface area (Å²) in [4.78, 5) is -0.492. The third kappa shape index (κ3) is 3.29. The van der Waals surface area contributed by atoms with Crippen LogP contribution in [0.3, 0.4) is 0 Å². The first-order valence-electron chi connectivity index (χ1n) is 6.15. The second-order valence-corrected chi connectivity index (χ2v) is 6.20. The van der Waals surface area contributed by atoms with Gasteiger partial charge in [-0.2, -0.15) is 0 Å². The normalized spacial score (nSPS) is 15.7. The zero-order valence-corrected chi connectivity index (χ0v) is 11.4. The van der Waals surface area contributed by atoms with Gasteiger partial charge in [0, 0.05) is 18.2 Å². The SMILES string of the molecule is CCNCc1c(F)ccc(S(=O)(=O)NC2CC2)c1F. The minimum atomic E-state index is -3.91. The third-order valence-electron chi connectivity index (χ3n) is 2.89. The molecule has 19 heavy (non-hydrogen) atoms. The predicted octanol–water partition coefficient (Wildman–Crippen LogP) is 1.51. The van der Waals surface area contributed by atoms with Gasteiger partial charge >= 0.3 is 0 Å². The van der Waals surface area contributed by atoms with E-state index < -0.39 is 26.6 Å². The first-order valence-corrected chi connectivity index (χ1v) is 7.64. The van der Waals surface area contributed by atoms with Crippen LogP contribution in [0.1, 0.15) is 25.3 Å². The molecule has 7 heteroatoms. The van der Waals surface area contributed by atoms with E-state index >= 15 is 0 Å². The topological polar surface area (TPSA) is 58.2 Å². The van der Waals surface area contributed by atoms with Gasteiger partial charge in [-0.1, -0.05) is 6.92 Å². The van der Waals surface area contributed by atoms with Crippen LogP contribution in [0.5, 0.6) is 0 Å². The lowest BCUT2D eigenvalue weighted by Crippen LogP contribution is -2.27. The van der Waals surface area contributed by atoms with E-state index in [1.807, 2.05) is 0 Å². The molecule has 0 spiro atoms. The molecule has 1 saturated carbocycles. The van der Waals surface area contributed by atoms with Gasteiger partial charge in [0.2, 0.25) is 10.0 Å². The van der Waals surface area contributed by atoms with Gasteiger partial charge in [-0.25, -0.2) is 21.9 Å². The molecule has 0 radical (unpaired) electrons. The molecule has 1 aliphatic rings. The zero-order valence-electron chi connectivity index (χ0n) is 10.5. The average molecular weight is 290 g/mol. The molecule has 0 bridgehead atoms. The maximum Gasteiger partial charge on any atom is 0.243 e. The Balaban J connectivity index is 2.35. The van der Waals surface area contributed by atoms with Crippen molar-refractivity contribution in [3.8, 4) is 0 Å². The minimum Gasteiger partial charge on any atom is -0.313 e. The number of hydrogen-bond donors (Lipinski definition) is 2. The molecule has 0 saturated heterocycles. The molecular weight excluding hydrogens is 274 g/mol. The van der Waals surface area contributed by atoms with Gasteiger partial charge in [0.05, 0.1) is 0 Å². The highest BCUT2D eigenvalue weighted by atomic mass is 32.2. The Morgan fingerprint density at radius 3 is 2.58 bits per heavy atom. The molecule has 1 fully saturated rings. The van der Waals surface area contributed by atoms with Gasteiger partial charge in [-0.05, 0) is 31.5 Å². The smallest absolute Gasteiger partial charge is 0.243 e. The van der Waals surface area contributed by atoms with Gasteiger partial charge in [0.15, 0.2) is 5.82 Å². The standard InChI is InChI=1S/C12H16F2N2O2S/c1-2-15-7-9-10(13)5-6-11(12(9)14)19(17,18)16-8-3-4-8/h5-6,8,15-16H,2-4,7H2,1H3. The summed E-state index contributed by atoms with van der Waals surface area (Å²) in [5, 5.41) is 2.78. The van der Waals surface area contributed by atoms with E-state index in [9.17, 15) is 17.2 Å². The fraction of sp³-hybridized carbons (Fsp3) is 0.500. The maximum atomic E-state index is 14.1. The Hall–Kier alpha value is -1.05. The van der Waals surface area contributed by atoms with Crippen LogP contribution in [-0.2, 0) is 16.6 Å². The molecule has 1 aromatic carbocycles. The van der Waals surface area contributed by atoms with E-state index in [-0.39, 0.29) is 18.2 Å². The lowest BCUT2D eigenvalue weighted by atomic mass is 10.2. The fourth-order valence-corrected chi connectivity index (χ4v) is 3.09. The molecule has 0 amide bonds. The van der Waals surface area contributed by atoms with E-state index in [1.54, 1.807) is 6.92 Å². The van der Waals surface area contributed by atoms with Crippen molar-refractivity contribution < 1.29 is 17.2 Å². The molecule has 0 atom stereocenters. The maximum absolute atomic E-state index is 14.1. The van der Waals surface area contributed by atoms with Crippen molar-refractivity contribution in [1.29, 1.82) is 0 Å². The number of rotatable bonds is 6. The van der Waals surface area contributed by atoms with Crippen molar-refractivity contribution >= 4 is 10.0 Å². The summed E-state index contributed by atoms with van der Waals surface area (Å²) in [5.41, 5.74) is -0.250. The predicted molar refractivity (Wildman–Crippen MR) is 67.1 cm³/mol. The molecule has 0 unspecified atom stereocenters. The highest BCUT2D eigenvalue weighted by molar-refractivity contribution is 7.89. The van der Waals surface area contributed by atoms with Gasteiger partial charge in [-0.15, -0.1) is 0 Å². The van der Waals surface area contributed by atoms with Crippen LogP contribution in [0.25, 0.3) is 0 Å². The van der Waals surface area contributed by atoms with Gasteiger partial charge in [0.1, 0.15) is 10.7 Å². The number of hydrogen-bond acceptors (Lipinski definition) is 3. The molecule has 4 nitrogen and oxygen atoms in total. The van der Waals surface area contributed by atoms with E-state index in [4.69, 9.17) is 0 Å². The zero-order chi connectivity index (χ0) is 14.0. The van der Waals surface area contributed by atoms with Crippen molar-refractivity contribution in [1.82, 2.24) is 10.0 Å². The van der Waals surface area contributed by atoms with E-state index in [0.717, 1.165) is 25.0 Å². The largest absolute Gasteiger partial charge is 0.313 e. The van der Waals surface area contributed by atoms with Gasteiger partial charge in [-0.3, -0.25) is 0 Å². The lowest BCUT2D eigenvalue weighted by molar-refractivity contribution is 0.513. The summed E-state index contributed by atoms with van der Waals surface area (Å²) in [6.07, 6.45) is 1.51. The highest BCUT2D eigenvalue weighted by Gasteiger charge is 2.30. The lowest BCUT2D eigenvalue weighted by Gasteiger charge is -2.11. The number of nitrogens with one attached hydrogen (secondary N) is 2. The Labute approximate surface area is 111 Å². The molecule has 2 N–H and O–H groups in total. The van der Waals surface area contributed by atoms with Gasteiger partial charge in [0.25, 0.3) is 0 Å². The van der Waals surface area contributed by atoms with Crippen LogP contribution in [-0.4, -0.2) is 21.0 Å². The summed E-state index contributed by atoms with van der Waals surface area (Å²) >= 11 is 0. The summed E-state index contributed by atoms with van der Waals surface area (Å²) < 4.78 is 53.9. The molecule has 0 heterocycles.